The van der Waals surface area contributed by atoms with Crippen LogP contribution in [0.3, 0.4) is 0 Å². The fourth-order valence-corrected chi connectivity index (χ4v) is 6.38. The Bertz CT molecular complexity index is 607. The number of unbranched alkanes of at least 4 members (excludes halogenated alkanes) is 4. The normalized spacial score (nSPS) is 15.7. The molecule has 0 aromatic rings. The van der Waals surface area contributed by atoms with Crippen molar-refractivity contribution in [3.63, 3.8) is 0 Å². The number of allylic oxidation sites excluding steroid dienone is 1. The maximum Gasteiger partial charge on any atom is 0.137 e. The molecule has 1 aliphatic carbocycles. The molecule has 0 radical (unpaired) electrons. The van der Waals surface area contributed by atoms with E-state index >= 15 is 0 Å². The molecule has 1 nitrogen and oxygen atoms in total. The molecular weight excluding hydrogens is 356 g/mol. The van der Waals surface area contributed by atoms with E-state index in [2.05, 4.69) is 64.1 Å². The fourth-order valence-electron chi connectivity index (χ4n) is 4.08. The van der Waals surface area contributed by atoms with Gasteiger partial charge in [-0.25, -0.2) is 0 Å². The van der Waals surface area contributed by atoms with Gasteiger partial charge in [-0.15, -0.1) is 0 Å². The molecule has 0 aromatic carbocycles. The maximum absolute atomic E-state index is 10.9. The Morgan fingerprint density at radius 3 is 2.11 bits per heavy atom. The molecule has 0 spiro atoms. The summed E-state index contributed by atoms with van der Waals surface area (Å²) in [6.07, 6.45) is 13.0. The van der Waals surface area contributed by atoms with Crippen LogP contribution in [0, 0.1) is 23.7 Å². The monoisotopic (exact) mass is 400 g/mol. The maximum atomic E-state index is 10.9. The van der Waals surface area contributed by atoms with Gasteiger partial charge in [-0.05, 0) is 44.1 Å². The molecule has 0 aromatic heterocycles. The molecule has 0 saturated heterocycles. The highest BCUT2D eigenvalue weighted by molar-refractivity contribution is 6.80. The van der Waals surface area contributed by atoms with Crippen molar-refractivity contribution >= 4 is 8.07 Å². The van der Waals surface area contributed by atoms with Crippen LogP contribution in [0.25, 0.3) is 0 Å². The summed E-state index contributed by atoms with van der Waals surface area (Å²) in [7, 11) is -1.49. The van der Waals surface area contributed by atoms with Gasteiger partial charge in [-0.2, -0.15) is 0 Å². The quantitative estimate of drug-likeness (QED) is 0.229. The Kier molecular flexibility index (Phi) is 11.3. The Balaban J connectivity index is 3.12. The van der Waals surface area contributed by atoms with E-state index in [0.29, 0.717) is 0 Å². The summed E-state index contributed by atoms with van der Waals surface area (Å²) in [5.74, 6) is 13.7. The molecule has 1 atom stereocenters. The Morgan fingerprint density at radius 1 is 0.964 bits per heavy atom. The van der Waals surface area contributed by atoms with E-state index in [9.17, 15) is 5.11 Å². The van der Waals surface area contributed by atoms with Crippen LogP contribution in [-0.4, -0.2) is 19.3 Å². The zero-order chi connectivity index (χ0) is 21.0. The molecule has 0 saturated carbocycles. The molecule has 158 valence electrons. The van der Waals surface area contributed by atoms with E-state index in [4.69, 9.17) is 0 Å². The molecule has 0 amide bonds. The zero-order valence-corrected chi connectivity index (χ0v) is 20.5. The van der Waals surface area contributed by atoms with Crippen LogP contribution >= 0.6 is 0 Å². The predicted octanol–water partition coefficient (Wildman–Crippen LogP) is 7.48. The first-order valence-electron chi connectivity index (χ1n) is 11.7. The Hall–Kier alpha value is -0.963. The van der Waals surface area contributed by atoms with Crippen molar-refractivity contribution in [1.29, 1.82) is 0 Å². The number of aliphatic hydroxyl groups is 1. The van der Waals surface area contributed by atoms with Gasteiger partial charge in [0.1, 0.15) is 6.10 Å². The third kappa shape index (κ3) is 7.46. The van der Waals surface area contributed by atoms with E-state index in [1.807, 2.05) is 0 Å². The molecule has 0 aliphatic heterocycles. The second-order valence-electron chi connectivity index (χ2n) is 9.47. The van der Waals surface area contributed by atoms with Crippen LogP contribution in [0.2, 0.25) is 24.7 Å². The molecule has 28 heavy (non-hydrogen) atoms. The van der Waals surface area contributed by atoms with Crippen LogP contribution in [0.5, 0.6) is 0 Å². The average molecular weight is 401 g/mol. The number of hydrogen-bond donors (Lipinski definition) is 1. The first kappa shape index (κ1) is 25.1. The van der Waals surface area contributed by atoms with Crippen molar-refractivity contribution in [1.82, 2.24) is 0 Å². The minimum absolute atomic E-state index is 0.117. The molecule has 1 unspecified atom stereocenters. The average Bonchev–Trinajstić information content (AvgIpc) is 3.12. The molecule has 0 bridgehead atoms. The highest BCUT2D eigenvalue weighted by Gasteiger charge is 2.41. The first-order valence-corrected chi connectivity index (χ1v) is 15.2. The van der Waals surface area contributed by atoms with Crippen molar-refractivity contribution in [2.75, 3.05) is 0 Å². The SMILES string of the molecule is CCCCC#CC1=C(C(O)C#CC(CCCC)(CCCC)[Si](C)(C)C)CCC1. The van der Waals surface area contributed by atoms with E-state index in [0.717, 1.165) is 37.7 Å². The largest absolute Gasteiger partial charge is 0.376 e. The topological polar surface area (TPSA) is 20.2 Å². The summed E-state index contributed by atoms with van der Waals surface area (Å²) in [5, 5.41) is 11.0. The van der Waals surface area contributed by atoms with Gasteiger partial charge >= 0.3 is 0 Å². The molecule has 1 aliphatic rings. The van der Waals surface area contributed by atoms with Crippen LogP contribution in [0.4, 0.5) is 0 Å². The highest BCUT2D eigenvalue weighted by Crippen LogP contribution is 2.47. The lowest BCUT2D eigenvalue weighted by Crippen LogP contribution is -2.39. The van der Waals surface area contributed by atoms with Crippen LogP contribution in [0.1, 0.15) is 97.8 Å². The lowest BCUT2D eigenvalue weighted by atomic mass is 9.94. The smallest absolute Gasteiger partial charge is 0.137 e. The molecule has 2 heteroatoms. The minimum Gasteiger partial charge on any atom is -0.376 e. The highest BCUT2D eigenvalue weighted by atomic mass is 28.3. The lowest BCUT2D eigenvalue weighted by molar-refractivity contribution is 0.264. The minimum atomic E-state index is -1.49. The number of rotatable bonds is 10. The van der Waals surface area contributed by atoms with E-state index in [-0.39, 0.29) is 5.04 Å². The van der Waals surface area contributed by atoms with Crippen LogP contribution in [0.15, 0.2) is 11.1 Å². The third-order valence-electron chi connectivity index (χ3n) is 6.28. The fraction of sp³-hybridized carbons (Fsp3) is 0.769. The summed E-state index contributed by atoms with van der Waals surface area (Å²) >= 11 is 0. The molecule has 0 heterocycles. The Labute approximate surface area is 176 Å². The van der Waals surface area contributed by atoms with Crippen LogP contribution in [-0.2, 0) is 0 Å². The van der Waals surface area contributed by atoms with Crippen molar-refractivity contribution in [2.45, 2.75) is 129 Å². The zero-order valence-electron chi connectivity index (χ0n) is 19.5. The predicted molar refractivity (Wildman–Crippen MR) is 127 cm³/mol. The molecule has 1 N–H and O–H groups in total. The summed E-state index contributed by atoms with van der Waals surface area (Å²) in [4.78, 5) is 0. The number of hydrogen-bond acceptors (Lipinski definition) is 1. The molecular formula is C26H44OSi. The van der Waals surface area contributed by atoms with Gasteiger partial charge in [0.15, 0.2) is 0 Å². The van der Waals surface area contributed by atoms with Crippen molar-refractivity contribution < 1.29 is 5.11 Å². The van der Waals surface area contributed by atoms with Crippen molar-refractivity contribution in [3.8, 4) is 23.7 Å². The van der Waals surface area contributed by atoms with Gasteiger partial charge in [0.05, 0.1) is 8.07 Å². The van der Waals surface area contributed by atoms with Crippen LogP contribution < -0.4 is 0 Å². The number of aliphatic hydroxyl groups excluding tert-OH is 1. The van der Waals surface area contributed by atoms with Gasteiger partial charge in [0.25, 0.3) is 0 Å². The van der Waals surface area contributed by atoms with Crippen molar-refractivity contribution in [3.05, 3.63) is 11.1 Å². The summed E-state index contributed by atoms with van der Waals surface area (Å²) < 4.78 is 0. The van der Waals surface area contributed by atoms with Gasteiger partial charge in [-0.3, -0.25) is 0 Å². The third-order valence-corrected chi connectivity index (χ3v) is 9.78. The van der Waals surface area contributed by atoms with Gasteiger partial charge in [0, 0.05) is 17.0 Å². The van der Waals surface area contributed by atoms with Gasteiger partial charge in [-0.1, -0.05) is 96.2 Å². The molecule has 0 fully saturated rings. The second kappa shape index (κ2) is 12.6. The van der Waals surface area contributed by atoms with E-state index in [1.165, 1.54) is 50.5 Å². The Morgan fingerprint density at radius 2 is 1.57 bits per heavy atom. The summed E-state index contributed by atoms with van der Waals surface area (Å²) in [6.45, 7) is 14.1. The summed E-state index contributed by atoms with van der Waals surface area (Å²) in [6, 6.07) is 0. The van der Waals surface area contributed by atoms with Gasteiger partial charge in [0.2, 0.25) is 0 Å². The lowest BCUT2D eigenvalue weighted by Gasteiger charge is -2.40. The first-order chi connectivity index (χ1) is 13.3. The summed E-state index contributed by atoms with van der Waals surface area (Å²) in [5.41, 5.74) is 2.27. The van der Waals surface area contributed by atoms with E-state index < -0.39 is 14.2 Å². The standard InChI is InChI=1S/C26H44OSi/c1-7-10-13-14-16-23-17-15-18-24(23)25(27)19-22-26(20-11-8-2,21-12-9-3)28(4,5)6/h25,27H,7-13,15,17-18,20-21H2,1-6H3. The van der Waals surface area contributed by atoms with Gasteiger partial charge < -0.3 is 5.11 Å². The second-order valence-corrected chi connectivity index (χ2v) is 14.9. The molecule has 1 rings (SSSR count). The van der Waals surface area contributed by atoms with Crippen molar-refractivity contribution in [2.24, 2.45) is 0 Å². The van der Waals surface area contributed by atoms with E-state index in [1.54, 1.807) is 0 Å².